The molecule has 3 aliphatic rings. The van der Waals surface area contributed by atoms with Gasteiger partial charge in [-0.1, -0.05) is 48.5 Å². The molecule has 2 bridgehead atoms. The highest BCUT2D eigenvalue weighted by Gasteiger charge is 2.44. The largest absolute Gasteiger partial charge is 0.448 e. The van der Waals surface area contributed by atoms with Gasteiger partial charge < -0.3 is 14.7 Å². The van der Waals surface area contributed by atoms with Crippen molar-refractivity contribution in [3.05, 3.63) is 59.7 Å². The molecule has 5 rings (SSSR count). The second-order valence-corrected chi connectivity index (χ2v) is 7.72. The van der Waals surface area contributed by atoms with E-state index in [1.54, 1.807) is 0 Å². The Morgan fingerprint density at radius 3 is 2.08 bits per heavy atom. The third-order valence-electron chi connectivity index (χ3n) is 6.26. The van der Waals surface area contributed by atoms with Crippen molar-refractivity contribution < 1.29 is 14.6 Å². The molecule has 2 aromatic rings. The number of hydrogen-bond acceptors (Lipinski definition) is 3. The molecule has 2 aliphatic heterocycles. The number of carbonyl (C=O) groups excluding carboxylic acids is 1. The molecule has 2 aromatic carbocycles. The van der Waals surface area contributed by atoms with Crippen LogP contribution in [-0.2, 0) is 4.74 Å². The monoisotopic (exact) mass is 349 g/mol. The normalized spacial score (nSPS) is 26.5. The van der Waals surface area contributed by atoms with Crippen LogP contribution in [-0.4, -0.2) is 40.9 Å². The molecule has 4 heteroatoms. The van der Waals surface area contributed by atoms with E-state index in [0.29, 0.717) is 19.4 Å². The minimum absolute atomic E-state index is 0.0967. The molecule has 0 radical (unpaired) electrons. The summed E-state index contributed by atoms with van der Waals surface area (Å²) in [5, 5.41) is 9.93. The van der Waals surface area contributed by atoms with Crippen LogP contribution < -0.4 is 0 Å². The lowest BCUT2D eigenvalue weighted by molar-refractivity contribution is 0.0238. The van der Waals surface area contributed by atoms with E-state index in [9.17, 15) is 9.90 Å². The first-order valence-corrected chi connectivity index (χ1v) is 9.53. The van der Waals surface area contributed by atoms with E-state index in [-0.39, 0.29) is 30.2 Å². The first-order valence-electron chi connectivity index (χ1n) is 9.53. The first kappa shape index (κ1) is 15.9. The molecule has 2 saturated heterocycles. The summed E-state index contributed by atoms with van der Waals surface area (Å²) in [4.78, 5) is 14.7. The van der Waals surface area contributed by atoms with E-state index in [1.807, 2.05) is 17.0 Å². The summed E-state index contributed by atoms with van der Waals surface area (Å²) >= 11 is 0. The molecule has 1 N–H and O–H groups in total. The van der Waals surface area contributed by atoms with Crippen molar-refractivity contribution in [2.75, 3.05) is 6.61 Å². The number of hydrogen-bond donors (Lipinski definition) is 1. The van der Waals surface area contributed by atoms with Gasteiger partial charge in [-0.3, -0.25) is 0 Å². The molecule has 0 spiro atoms. The molecule has 0 saturated carbocycles. The van der Waals surface area contributed by atoms with Gasteiger partial charge in [0.25, 0.3) is 0 Å². The van der Waals surface area contributed by atoms with E-state index in [2.05, 4.69) is 36.4 Å². The number of carbonyl (C=O) groups is 1. The number of amides is 1. The molecule has 2 atom stereocenters. The highest BCUT2D eigenvalue weighted by molar-refractivity contribution is 5.79. The van der Waals surface area contributed by atoms with E-state index in [0.717, 1.165) is 12.8 Å². The summed E-state index contributed by atoms with van der Waals surface area (Å²) in [6.45, 7) is 0.366. The fourth-order valence-corrected chi connectivity index (χ4v) is 5.11. The number of nitrogens with zero attached hydrogens (tertiary/aromatic N) is 1. The lowest BCUT2D eigenvalue weighted by Crippen LogP contribution is -2.48. The molecule has 4 nitrogen and oxygen atoms in total. The minimum Gasteiger partial charge on any atom is -0.448 e. The molecule has 134 valence electrons. The van der Waals surface area contributed by atoms with Gasteiger partial charge in [0.05, 0.1) is 6.10 Å². The predicted octanol–water partition coefficient (Wildman–Crippen LogP) is 3.92. The van der Waals surface area contributed by atoms with E-state index < -0.39 is 0 Å². The summed E-state index contributed by atoms with van der Waals surface area (Å²) in [7, 11) is 0. The lowest BCUT2D eigenvalue weighted by Gasteiger charge is -2.36. The topological polar surface area (TPSA) is 49.8 Å². The second-order valence-electron chi connectivity index (χ2n) is 7.72. The fourth-order valence-electron chi connectivity index (χ4n) is 5.11. The Balaban J connectivity index is 1.35. The Morgan fingerprint density at radius 2 is 1.50 bits per heavy atom. The van der Waals surface area contributed by atoms with Crippen LogP contribution in [0.25, 0.3) is 11.1 Å². The highest BCUT2D eigenvalue weighted by Crippen LogP contribution is 2.45. The zero-order chi connectivity index (χ0) is 17.7. The maximum absolute atomic E-state index is 12.8. The summed E-state index contributed by atoms with van der Waals surface area (Å²) in [6.07, 6.45) is 2.83. The molecule has 2 heterocycles. The Morgan fingerprint density at radius 1 is 0.962 bits per heavy atom. The van der Waals surface area contributed by atoms with Crippen LogP contribution in [0.4, 0.5) is 4.79 Å². The quantitative estimate of drug-likeness (QED) is 0.894. The van der Waals surface area contributed by atoms with Gasteiger partial charge in [-0.05, 0) is 47.9 Å². The van der Waals surface area contributed by atoms with E-state index in [4.69, 9.17) is 4.74 Å². The van der Waals surface area contributed by atoms with Gasteiger partial charge in [0.2, 0.25) is 0 Å². The fraction of sp³-hybridized carbons (Fsp3) is 0.409. The zero-order valence-corrected chi connectivity index (χ0v) is 14.7. The van der Waals surface area contributed by atoms with Gasteiger partial charge in [-0.2, -0.15) is 0 Å². The Kier molecular flexibility index (Phi) is 3.75. The molecule has 0 aromatic heterocycles. The van der Waals surface area contributed by atoms with E-state index >= 15 is 0 Å². The van der Waals surface area contributed by atoms with Crippen molar-refractivity contribution in [1.29, 1.82) is 0 Å². The average Bonchev–Trinajstić information content (AvgIpc) is 3.12. The number of fused-ring (bicyclic) bond motifs is 5. The van der Waals surface area contributed by atoms with Crippen LogP contribution in [0, 0.1) is 0 Å². The van der Waals surface area contributed by atoms with Gasteiger partial charge in [0, 0.05) is 18.0 Å². The molecule has 1 amide bonds. The Bertz CT molecular complexity index is 789. The van der Waals surface area contributed by atoms with Crippen molar-refractivity contribution in [1.82, 2.24) is 4.90 Å². The average molecular weight is 349 g/mol. The van der Waals surface area contributed by atoms with Crippen LogP contribution >= 0.6 is 0 Å². The predicted molar refractivity (Wildman–Crippen MR) is 99.0 cm³/mol. The Labute approximate surface area is 153 Å². The van der Waals surface area contributed by atoms with Crippen LogP contribution in [0.1, 0.15) is 42.7 Å². The standard InChI is InChI=1S/C22H23NO3/c24-16-11-14-9-10-15(12-16)23(14)22(25)26-13-21-19-7-3-1-5-17(19)18-6-2-4-8-20(18)21/h1-8,14-16,21,24H,9-13H2/t14-,15-/m0/s1. The highest BCUT2D eigenvalue weighted by atomic mass is 16.6. The molecule has 2 fully saturated rings. The van der Waals surface area contributed by atoms with Gasteiger partial charge in [-0.15, -0.1) is 0 Å². The van der Waals surface area contributed by atoms with Gasteiger partial charge >= 0.3 is 6.09 Å². The summed E-state index contributed by atoms with van der Waals surface area (Å²) in [6, 6.07) is 17.0. The summed E-state index contributed by atoms with van der Waals surface area (Å²) in [5.41, 5.74) is 4.95. The third kappa shape index (κ3) is 2.43. The summed E-state index contributed by atoms with van der Waals surface area (Å²) < 4.78 is 5.80. The number of benzene rings is 2. The third-order valence-corrected chi connectivity index (χ3v) is 6.26. The number of rotatable bonds is 2. The number of piperidine rings is 1. The van der Waals surface area contributed by atoms with Gasteiger partial charge in [0.15, 0.2) is 0 Å². The second kappa shape index (κ2) is 6.13. The van der Waals surface area contributed by atoms with Gasteiger partial charge in [-0.25, -0.2) is 4.79 Å². The number of ether oxygens (including phenoxy) is 1. The minimum atomic E-state index is -0.273. The maximum Gasteiger partial charge on any atom is 0.410 e. The van der Waals surface area contributed by atoms with Crippen LogP contribution in [0.3, 0.4) is 0 Å². The summed E-state index contributed by atoms with van der Waals surface area (Å²) in [5.74, 6) is 0.0967. The molecule has 26 heavy (non-hydrogen) atoms. The number of aliphatic hydroxyl groups excluding tert-OH is 1. The maximum atomic E-state index is 12.8. The lowest BCUT2D eigenvalue weighted by atomic mass is 9.98. The van der Waals surface area contributed by atoms with Crippen LogP contribution in [0.2, 0.25) is 0 Å². The molecular weight excluding hydrogens is 326 g/mol. The number of aliphatic hydroxyl groups is 1. The van der Waals surface area contributed by atoms with E-state index in [1.165, 1.54) is 22.3 Å². The van der Waals surface area contributed by atoms with Crippen molar-refractivity contribution in [3.8, 4) is 11.1 Å². The van der Waals surface area contributed by atoms with Crippen molar-refractivity contribution in [2.24, 2.45) is 0 Å². The van der Waals surface area contributed by atoms with Crippen molar-refractivity contribution in [2.45, 2.75) is 49.8 Å². The SMILES string of the molecule is O=C(OCC1c2ccccc2-c2ccccc21)N1[C@H]2CC[C@H]1CC(O)C2. The van der Waals surface area contributed by atoms with Crippen molar-refractivity contribution >= 4 is 6.09 Å². The van der Waals surface area contributed by atoms with Crippen LogP contribution in [0.5, 0.6) is 0 Å². The smallest absolute Gasteiger partial charge is 0.410 e. The molecular formula is C22H23NO3. The Hall–Kier alpha value is -2.33. The molecule has 1 aliphatic carbocycles. The zero-order valence-electron chi connectivity index (χ0n) is 14.7. The van der Waals surface area contributed by atoms with Gasteiger partial charge in [0.1, 0.15) is 6.61 Å². The van der Waals surface area contributed by atoms with Crippen molar-refractivity contribution in [3.63, 3.8) is 0 Å². The first-order chi connectivity index (χ1) is 12.7. The van der Waals surface area contributed by atoms with Crippen LogP contribution in [0.15, 0.2) is 48.5 Å². The molecule has 0 unspecified atom stereocenters.